The number of aromatic nitrogens is 2. The van der Waals surface area contributed by atoms with E-state index >= 15 is 0 Å². The molecule has 2 atom stereocenters. The largest absolute Gasteiger partial charge is 0.480 e. The van der Waals surface area contributed by atoms with Crippen LogP contribution in [0.5, 0.6) is 0 Å². The molecule has 0 bridgehead atoms. The van der Waals surface area contributed by atoms with Crippen LogP contribution in [-0.2, 0) is 22.6 Å². The highest BCUT2D eigenvalue weighted by molar-refractivity contribution is 5.74. The Bertz CT molecular complexity index is 720. The van der Waals surface area contributed by atoms with Crippen LogP contribution >= 0.6 is 0 Å². The van der Waals surface area contributed by atoms with Gasteiger partial charge in [-0.05, 0) is 12.0 Å². The number of aromatic amines is 1. The van der Waals surface area contributed by atoms with Crippen molar-refractivity contribution in [2.45, 2.75) is 31.5 Å². The average molecular weight is 358 g/mol. The number of amides is 1. The van der Waals surface area contributed by atoms with Crippen LogP contribution in [0.1, 0.15) is 17.7 Å². The van der Waals surface area contributed by atoms with Gasteiger partial charge >= 0.3 is 12.1 Å². The van der Waals surface area contributed by atoms with E-state index in [1.54, 1.807) is 6.20 Å². The summed E-state index contributed by atoms with van der Waals surface area (Å²) >= 11 is 0. The highest BCUT2D eigenvalue weighted by atomic mass is 16.5. The molecule has 1 aromatic carbocycles. The second-order valence-corrected chi connectivity index (χ2v) is 6.31. The first kappa shape index (κ1) is 17.9. The number of likely N-dealkylation sites (tertiary alicyclic amines) is 1. The minimum atomic E-state index is -0.889. The molecular formula is C18H22N4O4. The number of carboxylic acids is 1. The summed E-state index contributed by atoms with van der Waals surface area (Å²) in [5.74, 6) is -0.889. The third-order valence-corrected chi connectivity index (χ3v) is 4.44. The van der Waals surface area contributed by atoms with Crippen LogP contribution in [0.15, 0.2) is 42.9 Å². The van der Waals surface area contributed by atoms with E-state index in [1.165, 1.54) is 6.33 Å². The predicted octanol–water partition coefficient (Wildman–Crippen LogP) is 1.41. The van der Waals surface area contributed by atoms with Crippen LogP contribution in [-0.4, -0.2) is 57.2 Å². The van der Waals surface area contributed by atoms with E-state index in [0.717, 1.165) is 5.56 Å². The number of nitrogens with zero attached hydrogens (tertiary/aromatic N) is 2. The lowest BCUT2D eigenvalue weighted by Gasteiger charge is -2.23. The van der Waals surface area contributed by atoms with Crippen molar-refractivity contribution < 1.29 is 19.4 Å². The summed E-state index contributed by atoms with van der Waals surface area (Å²) in [5, 5.41) is 12.3. The Balaban J connectivity index is 1.47. The first-order valence-corrected chi connectivity index (χ1v) is 8.53. The number of benzene rings is 1. The van der Waals surface area contributed by atoms with Gasteiger partial charge in [-0.25, -0.2) is 9.78 Å². The van der Waals surface area contributed by atoms with Gasteiger partial charge in [0.2, 0.25) is 0 Å². The van der Waals surface area contributed by atoms with Gasteiger partial charge in [0.05, 0.1) is 12.0 Å². The monoisotopic (exact) mass is 358 g/mol. The molecule has 0 aliphatic carbocycles. The number of alkyl carbamates (subject to hydrolysis) is 1. The Morgan fingerprint density at radius 1 is 1.38 bits per heavy atom. The fraction of sp³-hybridized carbons (Fsp3) is 0.389. The van der Waals surface area contributed by atoms with Gasteiger partial charge in [0, 0.05) is 31.7 Å². The molecule has 26 heavy (non-hydrogen) atoms. The molecule has 2 aromatic rings. The van der Waals surface area contributed by atoms with E-state index in [1.807, 2.05) is 35.2 Å². The molecule has 0 unspecified atom stereocenters. The molecule has 1 aliphatic heterocycles. The van der Waals surface area contributed by atoms with Crippen LogP contribution in [0, 0.1) is 0 Å². The van der Waals surface area contributed by atoms with E-state index in [2.05, 4.69) is 15.3 Å². The van der Waals surface area contributed by atoms with Crippen LogP contribution in [0.2, 0.25) is 0 Å². The van der Waals surface area contributed by atoms with Crippen LogP contribution < -0.4 is 5.32 Å². The molecule has 0 saturated carbocycles. The van der Waals surface area contributed by atoms with Crippen LogP contribution in [0.4, 0.5) is 4.79 Å². The molecule has 1 aromatic heterocycles. The van der Waals surface area contributed by atoms with Gasteiger partial charge in [-0.2, -0.15) is 0 Å². The highest BCUT2D eigenvalue weighted by Gasteiger charge is 2.33. The SMILES string of the molecule is O=C(N[C@H]1CCN([C@@H](Cc2c[nH]cn2)C(=O)O)C1)OCc1ccccc1. The van der Waals surface area contributed by atoms with Crippen LogP contribution in [0.25, 0.3) is 0 Å². The minimum Gasteiger partial charge on any atom is -0.480 e. The van der Waals surface area contributed by atoms with Gasteiger partial charge < -0.3 is 20.1 Å². The Kier molecular flexibility index (Phi) is 5.85. The van der Waals surface area contributed by atoms with Gasteiger partial charge in [0.25, 0.3) is 0 Å². The summed E-state index contributed by atoms with van der Waals surface area (Å²) in [6.45, 7) is 1.28. The molecule has 8 nitrogen and oxygen atoms in total. The summed E-state index contributed by atoms with van der Waals surface area (Å²) < 4.78 is 5.22. The quantitative estimate of drug-likeness (QED) is 0.691. The van der Waals surface area contributed by atoms with Crippen molar-refractivity contribution in [3.8, 4) is 0 Å². The van der Waals surface area contributed by atoms with Crippen molar-refractivity contribution >= 4 is 12.1 Å². The molecule has 0 radical (unpaired) electrons. The van der Waals surface area contributed by atoms with Crippen molar-refractivity contribution in [1.82, 2.24) is 20.2 Å². The molecule has 3 rings (SSSR count). The van der Waals surface area contributed by atoms with Gasteiger partial charge in [-0.1, -0.05) is 30.3 Å². The van der Waals surface area contributed by atoms with Crippen molar-refractivity contribution in [3.63, 3.8) is 0 Å². The zero-order chi connectivity index (χ0) is 18.4. The van der Waals surface area contributed by atoms with Crippen molar-refractivity contribution in [2.75, 3.05) is 13.1 Å². The number of carbonyl (C=O) groups excluding carboxylic acids is 1. The molecular weight excluding hydrogens is 336 g/mol. The Morgan fingerprint density at radius 2 is 2.19 bits per heavy atom. The Labute approximate surface area is 151 Å². The maximum Gasteiger partial charge on any atom is 0.407 e. The Morgan fingerprint density at radius 3 is 2.88 bits per heavy atom. The normalized spacial score (nSPS) is 18.4. The molecule has 138 valence electrons. The first-order valence-electron chi connectivity index (χ1n) is 8.53. The third-order valence-electron chi connectivity index (χ3n) is 4.44. The number of rotatable bonds is 7. The second-order valence-electron chi connectivity index (χ2n) is 6.31. The molecule has 8 heteroatoms. The van der Waals surface area contributed by atoms with Crippen LogP contribution in [0.3, 0.4) is 0 Å². The van der Waals surface area contributed by atoms with Crippen molar-refractivity contribution in [2.24, 2.45) is 0 Å². The van der Waals surface area contributed by atoms with E-state index < -0.39 is 18.1 Å². The number of imidazole rings is 1. The molecule has 2 heterocycles. The summed E-state index contributed by atoms with van der Waals surface area (Å²) in [4.78, 5) is 32.4. The maximum absolute atomic E-state index is 12.0. The first-order chi connectivity index (χ1) is 12.6. The van der Waals surface area contributed by atoms with E-state index in [9.17, 15) is 14.7 Å². The van der Waals surface area contributed by atoms with E-state index in [4.69, 9.17) is 4.74 Å². The predicted molar refractivity (Wildman–Crippen MR) is 93.5 cm³/mol. The van der Waals surface area contributed by atoms with E-state index in [0.29, 0.717) is 31.6 Å². The fourth-order valence-electron chi connectivity index (χ4n) is 3.09. The number of aliphatic carboxylic acids is 1. The average Bonchev–Trinajstić information content (AvgIpc) is 3.30. The Hall–Kier alpha value is -2.87. The molecule has 1 amide bonds. The smallest absolute Gasteiger partial charge is 0.407 e. The number of nitrogens with one attached hydrogen (secondary N) is 2. The third kappa shape index (κ3) is 4.82. The van der Waals surface area contributed by atoms with Crippen molar-refractivity contribution in [1.29, 1.82) is 0 Å². The molecule has 0 spiro atoms. The topological polar surface area (TPSA) is 108 Å². The summed E-state index contributed by atoms with van der Waals surface area (Å²) in [6.07, 6.45) is 3.75. The summed E-state index contributed by atoms with van der Waals surface area (Å²) in [7, 11) is 0. The van der Waals surface area contributed by atoms with Gasteiger partial charge in [0.1, 0.15) is 12.6 Å². The number of carboxylic acid groups (broad SMARTS) is 1. The number of carbonyl (C=O) groups is 2. The number of ether oxygens (including phenoxy) is 1. The minimum absolute atomic E-state index is 0.126. The maximum atomic E-state index is 12.0. The molecule has 1 aliphatic rings. The van der Waals surface area contributed by atoms with Crippen molar-refractivity contribution in [3.05, 3.63) is 54.1 Å². The molecule has 1 saturated heterocycles. The number of hydrogen-bond acceptors (Lipinski definition) is 5. The lowest BCUT2D eigenvalue weighted by molar-refractivity contribution is -0.142. The zero-order valence-electron chi connectivity index (χ0n) is 14.3. The van der Waals surface area contributed by atoms with Gasteiger partial charge in [0.15, 0.2) is 0 Å². The van der Waals surface area contributed by atoms with Gasteiger partial charge in [-0.3, -0.25) is 9.69 Å². The van der Waals surface area contributed by atoms with Gasteiger partial charge in [-0.15, -0.1) is 0 Å². The summed E-state index contributed by atoms with van der Waals surface area (Å²) in [5.41, 5.74) is 1.62. The highest BCUT2D eigenvalue weighted by Crippen LogP contribution is 2.16. The number of hydrogen-bond donors (Lipinski definition) is 3. The zero-order valence-corrected chi connectivity index (χ0v) is 14.3. The standard InChI is InChI=1S/C18H22N4O4/c23-17(24)16(8-15-9-19-12-20-15)22-7-6-14(10-22)21-18(25)26-11-13-4-2-1-3-5-13/h1-5,9,12,14,16H,6-8,10-11H2,(H,19,20)(H,21,25)(H,23,24)/t14-,16-/m0/s1. The lowest BCUT2D eigenvalue weighted by atomic mass is 10.1. The number of H-pyrrole nitrogens is 1. The summed E-state index contributed by atoms with van der Waals surface area (Å²) in [6, 6.07) is 8.66. The molecule has 1 fully saturated rings. The fourth-order valence-corrected chi connectivity index (χ4v) is 3.09. The molecule has 3 N–H and O–H groups in total. The second kappa shape index (κ2) is 8.48. The lowest BCUT2D eigenvalue weighted by Crippen LogP contribution is -2.44. The van der Waals surface area contributed by atoms with E-state index in [-0.39, 0.29) is 12.6 Å².